The minimum atomic E-state index is -3.69. The molecule has 1 fully saturated rings. The predicted octanol–water partition coefficient (Wildman–Crippen LogP) is 2.50. The van der Waals surface area contributed by atoms with Crippen molar-refractivity contribution in [2.24, 2.45) is 0 Å². The molecule has 0 spiro atoms. The van der Waals surface area contributed by atoms with Crippen LogP contribution < -0.4 is 4.74 Å². The molecule has 128 valence electrons. The van der Waals surface area contributed by atoms with E-state index in [1.54, 1.807) is 32.2 Å². The Balaban J connectivity index is 2.03. The highest BCUT2D eigenvalue weighted by molar-refractivity contribution is 7.89. The van der Waals surface area contributed by atoms with Gasteiger partial charge in [0.05, 0.1) is 24.2 Å². The molecular formula is C18H21NO4S. The van der Waals surface area contributed by atoms with Crippen molar-refractivity contribution in [3.8, 4) is 5.75 Å². The molecule has 1 heterocycles. The lowest BCUT2D eigenvalue weighted by Crippen LogP contribution is -2.32. The van der Waals surface area contributed by atoms with Crippen molar-refractivity contribution < 1.29 is 18.3 Å². The van der Waals surface area contributed by atoms with Crippen molar-refractivity contribution in [2.45, 2.75) is 30.4 Å². The molecule has 0 bridgehead atoms. The van der Waals surface area contributed by atoms with Crippen molar-refractivity contribution in [1.82, 2.24) is 4.31 Å². The van der Waals surface area contributed by atoms with Crippen LogP contribution in [0.4, 0.5) is 0 Å². The molecule has 0 amide bonds. The van der Waals surface area contributed by atoms with E-state index in [4.69, 9.17) is 4.74 Å². The van der Waals surface area contributed by atoms with Crippen LogP contribution in [0.25, 0.3) is 0 Å². The Bertz CT molecular complexity index is 834. The number of hydrogen-bond donors (Lipinski definition) is 1. The van der Waals surface area contributed by atoms with Gasteiger partial charge in [-0.25, -0.2) is 8.42 Å². The first kappa shape index (κ1) is 17.0. The lowest BCUT2D eigenvalue weighted by Gasteiger charge is -2.25. The zero-order valence-electron chi connectivity index (χ0n) is 13.7. The van der Waals surface area contributed by atoms with Gasteiger partial charge in [0.25, 0.3) is 0 Å². The maximum absolute atomic E-state index is 13.1. The average Bonchev–Trinajstić information content (AvgIpc) is 2.98. The molecular weight excluding hydrogens is 326 g/mol. The Morgan fingerprint density at radius 1 is 1.17 bits per heavy atom. The van der Waals surface area contributed by atoms with Crippen LogP contribution >= 0.6 is 0 Å². The van der Waals surface area contributed by atoms with E-state index in [0.717, 1.165) is 5.56 Å². The van der Waals surface area contributed by atoms with Gasteiger partial charge in [0.15, 0.2) is 0 Å². The summed E-state index contributed by atoms with van der Waals surface area (Å²) < 4.78 is 32.9. The molecule has 1 N–H and O–H groups in total. The van der Waals surface area contributed by atoms with Gasteiger partial charge in [-0.2, -0.15) is 4.31 Å². The Labute approximate surface area is 142 Å². The van der Waals surface area contributed by atoms with E-state index >= 15 is 0 Å². The Hall–Kier alpha value is -1.89. The lowest BCUT2D eigenvalue weighted by molar-refractivity contribution is 0.188. The van der Waals surface area contributed by atoms with Crippen LogP contribution in [0, 0.1) is 6.92 Å². The zero-order chi connectivity index (χ0) is 17.3. The van der Waals surface area contributed by atoms with E-state index in [1.807, 2.05) is 30.3 Å². The standard InChI is InChI=1S/C18H21NO4S/c1-13-6-3-4-9-18(13)24(21,22)19-12-15(20)11-17(19)14-7-5-8-16(10-14)23-2/h3-10,15,17,20H,11-12H2,1-2H3/t15-,17+/m0/s1. The van der Waals surface area contributed by atoms with Crippen molar-refractivity contribution in [1.29, 1.82) is 0 Å². The van der Waals surface area contributed by atoms with Crippen LogP contribution in [-0.4, -0.2) is 37.6 Å². The predicted molar refractivity (Wildman–Crippen MR) is 91.4 cm³/mol. The smallest absolute Gasteiger partial charge is 0.243 e. The molecule has 0 unspecified atom stereocenters. The number of nitrogens with zero attached hydrogens (tertiary/aromatic N) is 1. The number of sulfonamides is 1. The van der Waals surface area contributed by atoms with E-state index in [0.29, 0.717) is 17.7 Å². The topological polar surface area (TPSA) is 66.8 Å². The van der Waals surface area contributed by atoms with Crippen LogP contribution in [0.3, 0.4) is 0 Å². The Morgan fingerprint density at radius 3 is 2.62 bits per heavy atom. The van der Waals surface area contributed by atoms with Crippen molar-refractivity contribution >= 4 is 10.0 Å². The quantitative estimate of drug-likeness (QED) is 0.923. The second kappa shape index (κ2) is 6.55. The summed E-state index contributed by atoms with van der Waals surface area (Å²) in [6, 6.07) is 13.8. The third kappa shape index (κ3) is 3.05. The summed E-state index contributed by atoms with van der Waals surface area (Å²) in [5.74, 6) is 0.669. The van der Waals surface area contributed by atoms with E-state index in [2.05, 4.69) is 0 Å². The van der Waals surface area contributed by atoms with Gasteiger partial charge < -0.3 is 9.84 Å². The van der Waals surface area contributed by atoms with Gasteiger partial charge in [0.2, 0.25) is 10.0 Å². The monoisotopic (exact) mass is 347 g/mol. The fraction of sp³-hybridized carbons (Fsp3) is 0.333. The summed E-state index contributed by atoms with van der Waals surface area (Å²) in [6.07, 6.45) is -0.307. The van der Waals surface area contributed by atoms with Crippen LogP contribution in [-0.2, 0) is 10.0 Å². The highest BCUT2D eigenvalue weighted by Crippen LogP contribution is 2.38. The van der Waals surface area contributed by atoms with Gasteiger partial charge in [0.1, 0.15) is 5.75 Å². The number of ether oxygens (including phenoxy) is 1. The third-order valence-corrected chi connectivity index (χ3v) is 6.43. The fourth-order valence-electron chi connectivity index (χ4n) is 3.17. The second-order valence-electron chi connectivity index (χ2n) is 6.02. The molecule has 2 atom stereocenters. The summed E-state index contributed by atoms with van der Waals surface area (Å²) in [5.41, 5.74) is 1.52. The molecule has 3 rings (SSSR count). The minimum absolute atomic E-state index is 0.0958. The van der Waals surface area contributed by atoms with Gasteiger partial charge in [0, 0.05) is 6.54 Å². The molecule has 0 saturated carbocycles. The number of aliphatic hydroxyl groups is 1. The molecule has 1 saturated heterocycles. The van der Waals surface area contributed by atoms with Crippen LogP contribution in [0.1, 0.15) is 23.6 Å². The van der Waals surface area contributed by atoms with E-state index in [9.17, 15) is 13.5 Å². The normalized spacial score (nSPS) is 21.8. The van der Waals surface area contributed by atoms with Crippen LogP contribution in [0.15, 0.2) is 53.4 Å². The van der Waals surface area contributed by atoms with Crippen LogP contribution in [0.5, 0.6) is 5.75 Å². The molecule has 1 aliphatic heterocycles. The summed E-state index contributed by atoms with van der Waals surface area (Å²) in [7, 11) is -2.11. The molecule has 1 aliphatic rings. The zero-order valence-corrected chi connectivity index (χ0v) is 14.5. The summed E-state index contributed by atoms with van der Waals surface area (Å²) >= 11 is 0. The fourth-order valence-corrected chi connectivity index (χ4v) is 5.06. The number of β-amino-alcohol motifs (C(OH)–C–C–N with tert-alkyl or cyclic N) is 1. The van der Waals surface area contributed by atoms with Crippen molar-refractivity contribution in [2.75, 3.05) is 13.7 Å². The molecule has 0 aromatic heterocycles. The van der Waals surface area contributed by atoms with Crippen molar-refractivity contribution in [3.63, 3.8) is 0 Å². The van der Waals surface area contributed by atoms with Gasteiger partial charge >= 0.3 is 0 Å². The molecule has 24 heavy (non-hydrogen) atoms. The molecule has 2 aromatic rings. The first-order chi connectivity index (χ1) is 11.4. The highest BCUT2D eigenvalue weighted by Gasteiger charge is 2.40. The summed E-state index contributed by atoms with van der Waals surface area (Å²) in [6.45, 7) is 1.87. The number of hydrogen-bond acceptors (Lipinski definition) is 4. The van der Waals surface area contributed by atoms with E-state index in [1.165, 1.54) is 4.31 Å². The minimum Gasteiger partial charge on any atom is -0.497 e. The first-order valence-electron chi connectivity index (χ1n) is 7.83. The van der Waals surface area contributed by atoms with E-state index < -0.39 is 22.2 Å². The third-order valence-electron chi connectivity index (χ3n) is 4.39. The molecule has 2 aromatic carbocycles. The first-order valence-corrected chi connectivity index (χ1v) is 9.27. The summed E-state index contributed by atoms with van der Waals surface area (Å²) in [5, 5.41) is 10.1. The van der Waals surface area contributed by atoms with Crippen LogP contribution in [0.2, 0.25) is 0 Å². The molecule has 5 nitrogen and oxygen atoms in total. The maximum atomic E-state index is 13.1. The van der Waals surface area contributed by atoms with Gasteiger partial charge in [-0.15, -0.1) is 0 Å². The number of benzene rings is 2. The average molecular weight is 347 g/mol. The maximum Gasteiger partial charge on any atom is 0.243 e. The number of aliphatic hydroxyl groups excluding tert-OH is 1. The Morgan fingerprint density at radius 2 is 1.92 bits per heavy atom. The molecule has 0 radical (unpaired) electrons. The Kier molecular flexibility index (Phi) is 4.62. The van der Waals surface area contributed by atoms with Gasteiger partial charge in [-0.05, 0) is 42.7 Å². The number of methoxy groups -OCH3 is 1. The van der Waals surface area contributed by atoms with E-state index in [-0.39, 0.29) is 11.4 Å². The molecule has 6 heteroatoms. The molecule has 0 aliphatic carbocycles. The number of rotatable bonds is 4. The largest absolute Gasteiger partial charge is 0.497 e. The van der Waals surface area contributed by atoms with Gasteiger partial charge in [-0.1, -0.05) is 30.3 Å². The summed E-state index contributed by atoms with van der Waals surface area (Å²) in [4.78, 5) is 0.284. The van der Waals surface area contributed by atoms with Gasteiger partial charge in [-0.3, -0.25) is 0 Å². The SMILES string of the molecule is COc1cccc([C@H]2C[C@H](O)CN2S(=O)(=O)c2ccccc2C)c1. The van der Waals surface area contributed by atoms with Crippen molar-refractivity contribution in [3.05, 3.63) is 59.7 Å². The lowest BCUT2D eigenvalue weighted by atomic mass is 10.0. The second-order valence-corrected chi connectivity index (χ2v) is 7.88. The highest BCUT2D eigenvalue weighted by atomic mass is 32.2. The number of aryl methyl sites for hydroxylation is 1.